The van der Waals surface area contributed by atoms with Gasteiger partial charge in [-0.2, -0.15) is 0 Å². The third-order valence-corrected chi connectivity index (χ3v) is 2.61. The highest BCUT2D eigenvalue weighted by Crippen LogP contribution is 2.00. The summed E-state index contributed by atoms with van der Waals surface area (Å²) < 4.78 is 5.34. The second-order valence-electron chi connectivity index (χ2n) is 5.08. The van der Waals surface area contributed by atoms with Crippen molar-refractivity contribution in [3.63, 3.8) is 0 Å². The summed E-state index contributed by atoms with van der Waals surface area (Å²) >= 11 is 0. The van der Waals surface area contributed by atoms with Crippen LogP contribution in [0.15, 0.2) is 55.1 Å². The second-order valence-corrected chi connectivity index (χ2v) is 5.08. The van der Waals surface area contributed by atoms with Crippen molar-refractivity contribution in [2.24, 2.45) is 5.73 Å². The molecular weight excluding hydrogens is 292 g/mol. The number of allylic oxidation sites excluding steroid dienone is 2. The van der Waals surface area contributed by atoms with Crippen LogP contribution >= 0.6 is 0 Å². The summed E-state index contributed by atoms with van der Waals surface area (Å²) in [7, 11) is 0. The lowest BCUT2D eigenvalue weighted by Crippen LogP contribution is -2.44. The van der Waals surface area contributed by atoms with Crippen molar-refractivity contribution < 1.29 is 14.3 Å². The van der Waals surface area contributed by atoms with Crippen molar-refractivity contribution >= 4 is 11.7 Å². The van der Waals surface area contributed by atoms with E-state index in [0.29, 0.717) is 6.61 Å². The fourth-order valence-electron chi connectivity index (χ4n) is 1.30. The lowest BCUT2D eigenvalue weighted by atomic mass is 10.2. The third-order valence-electron chi connectivity index (χ3n) is 2.61. The normalized spacial score (nSPS) is 10.7. The topological polar surface area (TPSA) is 81.4 Å². The van der Waals surface area contributed by atoms with Gasteiger partial charge in [0.1, 0.15) is 11.8 Å². The molecule has 0 heterocycles. The van der Waals surface area contributed by atoms with Gasteiger partial charge in [-0.05, 0) is 19.4 Å². The smallest absolute Gasteiger partial charge is 0.239 e. The van der Waals surface area contributed by atoms with Gasteiger partial charge < -0.3 is 15.8 Å². The number of Topliss-reactive ketones (excluding diaryl/α,β-unsaturated/α-hetero) is 1. The van der Waals surface area contributed by atoms with E-state index in [2.05, 4.69) is 18.5 Å². The maximum Gasteiger partial charge on any atom is 0.239 e. The Bertz CT molecular complexity index is 512. The van der Waals surface area contributed by atoms with E-state index in [4.69, 9.17) is 10.5 Å². The van der Waals surface area contributed by atoms with Crippen molar-refractivity contribution in [1.82, 2.24) is 5.32 Å². The molecule has 1 atom stereocenters. The molecular formula is C18H26N2O3. The van der Waals surface area contributed by atoms with Crippen LogP contribution in [0.4, 0.5) is 0 Å². The van der Waals surface area contributed by atoms with E-state index < -0.39 is 6.04 Å². The Labute approximate surface area is 138 Å². The predicted octanol–water partition coefficient (Wildman–Crippen LogP) is 1.98. The SMILES string of the molecule is C=CC(=C)C.CC(=O)CNC(=O)C(N)COCc1ccccc1. The van der Waals surface area contributed by atoms with Crippen molar-refractivity contribution in [2.45, 2.75) is 26.5 Å². The molecule has 0 radical (unpaired) electrons. The van der Waals surface area contributed by atoms with Gasteiger partial charge in [0, 0.05) is 0 Å². The maximum atomic E-state index is 11.4. The molecule has 0 saturated heterocycles. The molecule has 0 aliphatic carbocycles. The number of ketones is 1. The minimum Gasteiger partial charge on any atom is -0.375 e. The summed E-state index contributed by atoms with van der Waals surface area (Å²) in [5.41, 5.74) is 7.66. The fraction of sp³-hybridized carbons (Fsp3) is 0.333. The first-order valence-corrected chi connectivity index (χ1v) is 7.29. The molecule has 1 aromatic rings. The lowest BCUT2D eigenvalue weighted by molar-refractivity contribution is -0.126. The molecule has 0 aromatic heterocycles. The molecule has 1 rings (SSSR count). The molecule has 1 amide bonds. The Morgan fingerprint density at radius 2 is 1.87 bits per heavy atom. The monoisotopic (exact) mass is 318 g/mol. The summed E-state index contributed by atoms with van der Waals surface area (Å²) in [6, 6.07) is 8.86. The van der Waals surface area contributed by atoms with Gasteiger partial charge in [-0.25, -0.2) is 0 Å². The number of nitrogens with two attached hydrogens (primary N) is 1. The molecule has 1 unspecified atom stereocenters. The molecule has 1 aromatic carbocycles. The predicted molar refractivity (Wildman–Crippen MR) is 92.8 cm³/mol. The van der Waals surface area contributed by atoms with Crippen LogP contribution in [0.5, 0.6) is 0 Å². The summed E-state index contributed by atoms with van der Waals surface area (Å²) in [4.78, 5) is 22.1. The molecule has 0 aliphatic rings. The van der Waals surface area contributed by atoms with Crippen LogP contribution in [0.1, 0.15) is 19.4 Å². The minimum atomic E-state index is -0.756. The van der Waals surface area contributed by atoms with Gasteiger partial charge in [-0.15, -0.1) is 0 Å². The van der Waals surface area contributed by atoms with Crippen LogP contribution in [0.3, 0.4) is 0 Å². The number of hydrogen-bond acceptors (Lipinski definition) is 4. The zero-order valence-electron chi connectivity index (χ0n) is 13.9. The van der Waals surface area contributed by atoms with E-state index >= 15 is 0 Å². The Balaban J connectivity index is 0.000000841. The molecule has 0 spiro atoms. The van der Waals surface area contributed by atoms with Crippen LogP contribution < -0.4 is 11.1 Å². The molecule has 0 saturated carbocycles. The quantitative estimate of drug-likeness (QED) is 0.718. The van der Waals surface area contributed by atoms with Gasteiger partial charge in [0.25, 0.3) is 0 Å². The zero-order chi connectivity index (χ0) is 17.7. The van der Waals surface area contributed by atoms with E-state index in [1.165, 1.54) is 6.92 Å². The van der Waals surface area contributed by atoms with E-state index in [1.807, 2.05) is 37.3 Å². The summed E-state index contributed by atoms with van der Waals surface area (Å²) in [5.74, 6) is -0.487. The average Bonchev–Trinajstić information content (AvgIpc) is 2.53. The summed E-state index contributed by atoms with van der Waals surface area (Å²) in [6.07, 6.45) is 1.72. The van der Waals surface area contributed by atoms with Crippen LogP contribution in [-0.2, 0) is 20.9 Å². The van der Waals surface area contributed by atoms with Gasteiger partial charge >= 0.3 is 0 Å². The van der Waals surface area contributed by atoms with Gasteiger partial charge in [-0.1, -0.05) is 55.1 Å². The Morgan fingerprint density at radius 1 is 1.30 bits per heavy atom. The van der Waals surface area contributed by atoms with Crippen LogP contribution in [-0.4, -0.2) is 30.9 Å². The van der Waals surface area contributed by atoms with Crippen molar-refractivity contribution in [1.29, 1.82) is 0 Å². The largest absolute Gasteiger partial charge is 0.375 e. The summed E-state index contributed by atoms with van der Waals surface area (Å²) in [6.45, 7) is 10.9. The number of nitrogens with one attached hydrogen (secondary N) is 1. The molecule has 5 heteroatoms. The standard InChI is InChI=1S/C13H18N2O3.C5H8/c1-10(16)7-15-13(17)12(14)9-18-8-11-5-3-2-4-6-11;1-4-5(2)3/h2-6,12H,7-9,14H2,1H3,(H,15,17);4H,1-2H2,3H3. The zero-order valence-corrected chi connectivity index (χ0v) is 13.9. The Kier molecular flexibility index (Phi) is 11.1. The van der Waals surface area contributed by atoms with E-state index in [1.54, 1.807) is 6.08 Å². The van der Waals surface area contributed by atoms with E-state index in [0.717, 1.165) is 11.1 Å². The second kappa shape index (κ2) is 12.3. The third kappa shape index (κ3) is 12.0. The minimum absolute atomic E-state index is 0.00518. The first-order valence-electron chi connectivity index (χ1n) is 7.29. The average molecular weight is 318 g/mol. The van der Waals surface area contributed by atoms with Crippen LogP contribution in [0.2, 0.25) is 0 Å². The molecule has 126 valence electrons. The van der Waals surface area contributed by atoms with Crippen molar-refractivity contribution in [3.05, 3.63) is 60.7 Å². The first-order chi connectivity index (χ1) is 10.9. The molecule has 3 N–H and O–H groups in total. The number of benzene rings is 1. The number of carbonyl (C=O) groups is 2. The van der Waals surface area contributed by atoms with Gasteiger partial charge in [0.15, 0.2) is 0 Å². The number of amides is 1. The molecule has 0 aliphatic heterocycles. The van der Waals surface area contributed by atoms with Crippen molar-refractivity contribution in [3.8, 4) is 0 Å². The van der Waals surface area contributed by atoms with Crippen LogP contribution in [0.25, 0.3) is 0 Å². The number of carbonyl (C=O) groups excluding carboxylic acids is 2. The highest BCUT2D eigenvalue weighted by molar-refractivity contribution is 5.87. The number of rotatable bonds is 8. The maximum absolute atomic E-state index is 11.4. The summed E-state index contributed by atoms with van der Waals surface area (Å²) in [5, 5.41) is 2.44. The van der Waals surface area contributed by atoms with E-state index in [-0.39, 0.29) is 24.8 Å². The molecule has 5 nitrogen and oxygen atoms in total. The fourth-order valence-corrected chi connectivity index (χ4v) is 1.30. The van der Waals surface area contributed by atoms with Crippen LogP contribution in [0, 0.1) is 0 Å². The Morgan fingerprint density at radius 3 is 2.35 bits per heavy atom. The van der Waals surface area contributed by atoms with Gasteiger partial charge in [0.2, 0.25) is 5.91 Å². The molecule has 23 heavy (non-hydrogen) atoms. The Hall–Kier alpha value is -2.24. The number of hydrogen-bond donors (Lipinski definition) is 2. The first kappa shape index (κ1) is 20.8. The number of ether oxygens (including phenoxy) is 1. The van der Waals surface area contributed by atoms with Gasteiger partial charge in [-0.3, -0.25) is 9.59 Å². The lowest BCUT2D eigenvalue weighted by Gasteiger charge is -2.12. The highest BCUT2D eigenvalue weighted by atomic mass is 16.5. The molecule has 0 bridgehead atoms. The van der Waals surface area contributed by atoms with E-state index in [9.17, 15) is 9.59 Å². The highest BCUT2D eigenvalue weighted by Gasteiger charge is 2.13. The van der Waals surface area contributed by atoms with Crippen molar-refractivity contribution in [2.75, 3.05) is 13.2 Å². The molecule has 0 fully saturated rings. The van der Waals surface area contributed by atoms with Gasteiger partial charge in [0.05, 0.1) is 19.8 Å².